The van der Waals surface area contributed by atoms with E-state index in [0.717, 1.165) is 12.2 Å². The fourth-order valence-electron chi connectivity index (χ4n) is 2.69. The highest BCUT2D eigenvalue weighted by Crippen LogP contribution is 2.31. The minimum atomic E-state index is -0.468. The minimum Gasteiger partial charge on any atom is -0.497 e. The van der Waals surface area contributed by atoms with Crippen molar-refractivity contribution in [1.82, 2.24) is 5.32 Å². The number of ether oxygens (including phenoxy) is 2. The third-order valence-corrected chi connectivity index (χ3v) is 4.01. The Hall–Kier alpha value is -1.71. The second-order valence-corrected chi connectivity index (χ2v) is 7.00. The molecule has 0 radical (unpaired) electrons. The van der Waals surface area contributed by atoms with Gasteiger partial charge in [0.15, 0.2) is 0 Å². The molecule has 0 saturated heterocycles. The van der Waals surface area contributed by atoms with E-state index in [0.29, 0.717) is 5.92 Å². The van der Waals surface area contributed by atoms with E-state index in [-0.39, 0.29) is 12.1 Å². The SMILES string of the molecule is COc1cccc(C[C@@H](NC(=O)OC(C)(C)C)C2CCC2)c1. The Morgan fingerprint density at radius 3 is 2.64 bits per heavy atom. The first-order valence-electron chi connectivity index (χ1n) is 8.00. The molecule has 1 aliphatic carbocycles. The topological polar surface area (TPSA) is 47.6 Å². The lowest BCUT2D eigenvalue weighted by molar-refractivity contribution is 0.0465. The highest BCUT2D eigenvalue weighted by molar-refractivity contribution is 5.68. The summed E-state index contributed by atoms with van der Waals surface area (Å²) in [5.41, 5.74) is 0.705. The van der Waals surface area contributed by atoms with Crippen molar-refractivity contribution in [2.24, 2.45) is 5.92 Å². The molecule has 0 heterocycles. The van der Waals surface area contributed by atoms with Crippen molar-refractivity contribution in [2.45, 2.75) is 58.1 Å². The Morgan fingerprint density at radius 2 is 2.09 bits per heavy atom. The summed E-state index contributed by atoms with van der Waals surface area (Å²) in [7, 11) is 1.67. The van der Waals surface area contributed by atoms with Crippen molar-refractivity contribution in [2.75, 3.05) is 7.11 Å². The van der Waals surface area contributed by atoms with Crippen LogP contribution in [0.4, 0.5) is 4.79 Å². The number of rotatable bonds is 5. The average Bonchev–Trinajstić information content (AvgIpc) is 2.34. The van der Waals surface area contributed by atoms with Gasteiger partial charge in [0.25, 0.3) is 0 Å². The molecule has 22 heavy (non-hydrogen) atoms. The normalized spacial score (nSPS) is 16.5. The maximum Gasteiger partial charge on any atom is 0.407 e. The molecule has 4 nitrogen and oxygen atoms in total. The molecule has 122 valence electrons. The van der Waals surface area contributed by atoms with E-state index in [9.17, 15) is 4.79 Å². The molecule has 0 aromatic heterocycles. The van der Waals surface area contributed by atoms with Crippen LogP contribution in [0, 0.1) is 5.92 Å². The van der Waals surface area contributed by atoms with Crippen molar-refractivity contribution in [3.05, 3.63) is 29.8 Å². The quantitative estimate of drug-likeness (QED) is 0.896. The maximum atomic E-state index is 12.1. The van der Waals surface area contributed by atoms with E-state index in [4.69, 9.17) is 9.47 Å². The van der Waals surface area contributed by atoms with Crippen LogP contribution in [0.5, 0.6) is 5.75 Å². The van der Waals surface area contributed by atoms with Crippen LogP contribution in [0.2, 0.25) is 0 Å². The number of methoxy groups -OCH3 is 1. The van der Waals surface area contributed by atoms with Gasteiger partial charge in [-0.3, -0.25) is 0 Å². The summed E-state index contributed by atoms with van der Waals surface area (Å²) in [4.78, 5) is 12.1. The van der Waals surface area contributed by atoms with Crippen LogP contribution in [0.15, 0.2) is 24.3 Å². The number of nitrogens with one attached hydrogen (secondary N) is 1. The maximum absolute atomic E-state index is 12.1. The van der Waals surface area contributed by atoms with Crippen LogP contribution in [-0.4, -0.2) is 24.8 Å². The van der Waals surface area contributed by atoms with E-state index in [2.05, 4.69) is 11.4 Å². The first-order valence-corrected chi connectivity index (χ1v) is 8.00. The molecule has 0 unspecified atom stereocenters. The highest BCUT2D eigenvalue weighted by atomic mass is 16.6. The second kappa shape index (κ2) is 7.03. The Morgan fingerprint density at radius 1 is 1.36 bits per heavy atom. The first kappa shape index (κ1) is 16.7. The third-order valence-electron chi connectivity index (χ3n) is 4.01. The number of amides is 1. The summed E-state index contributed by atoms with van der Waals surface area (Å²) >= 11 is 0. The highest BCUT2D eigenvalue weighted by Gasteiger charge is 2.30. The van der Waals surface area contributed by atoms with Gasteiger partial charge in [-0.15, -0.1) is 0 Å². The smallest absolute Gasteiger partial charge is 0.407 e. The molecular formula is C18H27NO3. The molecule has 1 atom stereocenters. The molecule has 0 spiro atoms. The number of carbonyl (C=O) groups is 1. The summed E-state index contributed by atoms with van der Waals surface area (Å²) in [6.07, 6.45) is 4.07. The van der Waals surface area contributed by atoms with Gasteiger partial charge in [-0.2, -0.15) is 0 Å². The molecule has 1 amide bonds. The molecule has 4 heteroatoms. The van der Waals surface area contributed by atoms with E-state index < -0.39 is 5.60 Å². The zero-order valence-electron chi connectivity index (χ0n) is 14.0. The Kier molecular flexibility index (Phi) is 5.33. The van der Waals surface area contributed by atoms with Crippen LogP contribution in [0.25, 0.3) is 0 Å². The zero-order chi connectivity index (χ0) is 16.2. The monoisotopic (exact) mass is 305 g/mol. The largest absolute Gasteiger partial charge is 0.497 e. The van der Waals surface area contributed by atoms with Crippen LogP contribution in [-0.2, 0) is 11.2 Å². The predicted octanol–water partition coefficient (Wildman–Crippen LogP) is 3.93. The predicted molar refractivity (Wildman–Crippen MR) is 87.2 cm³/mol. The summed E-state index contributed by atoms with van der Waals surface area (Å²) in [6, 6.07) is 8.14. The van der Waals surface area contributed by atoms with Gasteiger partial charge in [-0.25, -0.2) is 4.79 Å². The molecule has 1 N–H and O–H groups in total. The average molecular weight is 305 g/mol. The Balaban J connectivity index is 2.01. The van der Waals surface area contributed by atoms with E-state index in [1.54, 1.807) is 7.11 Å². The lowest BCUT2D eigenvalue weighted by Crippen LogP contribution is -2.46. The summed E-state index contributed by atoms with van der Waals surface area (Å²) in [6.45, 7) is 5.65. The van der Waals surface area contributed by atoms with Gasteiger partial charge in [0.2, 0.25) is 0 Å². The number of carbonyl (C=O) groups excluding carboxylic acids is 1. The van der Waals surface area contributed by atoms with Crippen molar-refractivity contribution in [3.63, 3.8) is 0 Å². The molecule has 1 aromatic carbocycles. The van der Waals surface area contributed by atoms with Gasteiger partial charge in [-0.1, -0.05) is 18.6 Å². The number of hydrogen-bond acceptors (Lipinski definition) is 3. The third kappa shape index (κ3) is 4.93. The standard InChI is InChI=1S/C18H27NO3/c1-18(2,3)22-17(20)19-16(14-8-6-9-14)12-13-7-5-10-15(11-13)21-4/h5,7,10-11,14,16H,6,8-9,12H2,1-4H3,(H,19,20)/t16-/m1/s1. The lowest BCUT2D eigenvalue weighted by Gasteiger charge is -2.35. The van der Waals surface area contributed by atoms with E-state index >= 15 is 0 Å². The van der Waals surface area contributed by atoms with Gasteiger partial charge < -0.3 is 14.8 Å². The summed E-state index contributed by atoms with van der Waals surface area (Å²) in [5.74, 6) is 1.39. The van der Waals surface area contributed by atoms with Crippen molar-refractivity contribution in [1.29, 1.82) is 0 Å². The summed E-state index contributed by atoms with van der Waals surface area (Å²) < 4.78 is 10.7. The van der Waals surface area contributed by atoms with E-state index in [1.165, 1.54) is 24.8 Å². The van der Waals surface area contributed by atoms with Gasteiger partial charge >= 0.3 is 6.09 Å². The van der Waals surface area contributed by atoms with Crippen LogP contribution < -0.4 is 10.1 Å². The fourth-order valence-corrected chi connectivity index (χ4v) is 2.69. The second-order valence-electron chi connectivity index (χ2n) is 7.00. The molecule has 1 aromatic rings. The summed E-state index contributed by atoms with van der Waals surface area (Å²) in [5, 5.41) is 3.06. The van der Waals surface area contributed by atoms with Gasteiger partial charge in [0.1, 0.15) is 11.4 Å². The molecule has 1 aliphatic rings. The molecule has 0 aliphatic heterocycles. The van der Waals surface area contributed by atoms with Gasteiger partial charge in [0.05, 0.1) is 7.11 Å². The van der Waals surface area contributed by atoms with Crippen LogP contribution in [0.1, 0.15) is 45.6 Å². The van der Waals surface area contributed by atoms with Crippen LogP contribution in [0.3, 0.4) is 0 Å². The molecule has 1 fully saturated rings. The van der Waals surface area contributed by atoms with Gasteiger partial charge in [-0.05, 0) is 63.6 Å². The van der Waals surface area contributed by atoms with E-state index in [1.807, 2.05) is 39.0 Å². The zero-order valence-corrected chi connectivity index (χ0v) is 14.0. The van der Waals surface area contributed by atoms with Crippen LogP contribution >= 0.6 is 0 Å². The minimum absolute atomic E-state index is 0.121. The number of alkyl carbamates (subject to hydrolysis) is 1. The molecule has 2 rings (SSSR count). The van der Waals surface area contributed by atoms with Crippen molar-refractivity contribution < 1.29 is 14.3 Å². The lowest BCUT2D eigenvalue weighted by atomic mass is 9.77. The van der Waals surface area contributed by atoms with Crippen molar-refractivity contribution >= 4 is 6.09 Å². The van der Waals surface area contributed by atoms with Gasteiger partial charge in [0, 0.05) is 6.04 Å². The fraction of sp³-hybridized carbons (Fsp3) is 0.611. The molecule has 0 bridgehead atoms. The number of benzene rings is 1. The number of hydrogen-bond donors (Lipinski definition) is 1. The Labute approximate surface area is 133 Å². The molecular weight excluding hydrogens is 278 g/mol. The molecule has 1 saturated carbocycles. The van der Waals surface area contributed by atoms with Crippen molar-refractivity contribution in [3.8, 4) is 5.75 Å². The Bertz CT molecular complexity index is 503. The first-order chi connectivity index (χ1) is 10.4.